The molecular weight excluding hydrogens is 304 g/mol. The molecule has 1 spiro atoms. The smallest absolute Gasteiger partial charge is 0.410 e. The molecule has 2 N–H and O–H groups in total. The second-order valence-electron chi connectivity index (χ2n) is 7.98. The summed E-state index contributed by atoms with van der Waals surface area (Å²) in [6.45, 7) is 7.11. The summed E-state index contributed by atoms with van der Waals surface area (Å²) in [7, 11) is 1.69. The third-order valence-electron chi connectivity index (χ3n) is 5.21. The Balaban J connectivity index is 1.77. The monoisotopic (exact) mass is 332 g/mol. The van der Waals surface area contributed by atoms with Crippen LogP contribution in [-0.4, -0.2) is 36.8 Å². The lowest BCUT2D eigenvalue weighted by Crippen LogP contribution is -2.46. The van der Waals surface area contributed by atoms with Crippen LogP contribution >= 0.6 is 0 Å². The van der Waals surface area contributed by atoms with E-state index in [1.165, 1.54) is 5.56 Å². The Kier molecular flexibility index (Phi) is 4.24. The third-order valence-corrected chi connectivity index (χ3v) is 5.21. The van der Waals surface area contributed by atoms with Crippen molar-refractivity contribution in [1.29, 1.82) is 0 Å². The van der Waals surface area contributed by atoms with E-state index in [2.05, 4.69) is 6.07 Å². The molecular formula is C19H28N2O3. The molecule has 5 heteroatoms. The predicted octanol–water partition coefficient (Wildman–Crippen LogP) is 3.37. The molecule has 1 aromatic carbocycles. The largest absolute Gasteiger partial charge is 0.496 e. The number of hydrogen-bond acceptors (Lipinski definition) is 4. The number of benzene rings is 1. The second kappa shape index (κ2) is 5.96. The van der Waals surface area contributed by atoms with Crippen LogP contribution in [0.5, 0.6) is 5.75 Å². The molecule has 1 saturated heterocycles. The van der Waals surface area contributed by atoms with Gasteiger partial charge in [-0.25, -0.2) is 4.79 Å². The van der Waals surface area contributed by atoms with Gasteiger partial charge in [-0.15, -0.1) is 0 Å². The minimum absolute atomic E-state index is 0.00391. The standard InChI is InChI=1S/C19H28N2O3/c1-18(2,3)24-17(22)21-10-8-19(9-11-21)12-14(20)16-13(19)6-5-7-15(16)23-4/h5-7,14H,8-12,20H2,1-4H3/t14-/m0/s1. The first kappa shape index (κ1) is 17.1. The van der Waals surface area contributed by atoms with E-state index >= 15 is 0 Å². The SMILES string of the molecule is COc1cccc2c1[C@@H](N)CC21CCN(C(=O)OC(C)(C)C)CC1. The van der Waals surface area contributed by atoms with Crippen LogP contribution in [0.3, 0.4) is 0 Å². The molecule has 1 fully saturated rings. The van der Waals surface area contributed by atoms with Crippen LogP contribution in [0.1, 0.15) is 57.2 Å². The van der Waals surface area contributed by atoms with Gasteiger partial charge in [-0.2, -0.15) is 0 Å². The Bertz CT molecular complexity index is 628. The summed E-state index contributed by atoms with van der Waals surface area (Å²) in [5.41, 5.74) is 8.47. The molecule has 1 aromatic rings. The lowest BCUT2D eigenvalue weighted by Gasteiger charge is -2.40. The number of likely N-dealkylation sites (tertiary alicyclic amines) is 1. The number of methoxy groups -OCH3 is 1. The summed E-state index contributed by atoms with van der Waals surface area (Å²) in [4.78, 5) is 14.1. The Morgan fingerprint density at radius 3 is 2.54 bits per heavy atom. The molecule has 0 saturated carbocycles. The Morgan fingerprint density at radius 2 is 1.96 bits per heavy atom. The highest BCUT2D eigenvalue weighted by atomic mass is 16.6. The zero-order valence-electron chi connectivity index (χ0n) is 15.1. The topological polar surface area (TPSA) is 64.8 Å². The lowest BCUT2D eigenvalue weighted by molar-refractivity contribution is 0.0162. The molecule has 0 bridgehead atoms. The fraction of sp³-hybridized carbons (Fsp3) is 0.632. The van der Waals surface area contributed by atoms with Crippen LogP contribution in [0.15, 0.2) is 18.2 Å². The lowest BCUT2D eigenvalue weighted by atomic mass is 9.73. The number of hydrogen-bond donors (Lipinski definition) is 1. The van der Waals surface area contributed by atoms with Gasteiger partial charge in [-0.05, 0) is 51.7 Å². The highest BCUT2D eigenvalue weighted by Crippen LogP contribution is 2.52. The van der Waals surface area contributed by atoms with Gasteiger partial charge in [-0.3, -0.25) is 0 Å². The second-order valence-corrected chi connectivity index (χ2v) is 7.98. The van der Waals surface area contributed by atoms with E-state index in [1.54, 1.807) is 7.11 Å². The fourth-order valence-corrected chi connectivity index (χ4v) is 4.12. The zero-order valence-corrected chi connectivity index (χ0v) is 15.1. The molecule has 1 aliphatic heterocycles. The van der Waals surface area contributed by atoms with Gasteiger partial charge >= 0.3 is 6.09 Å². The first-order chi connectivity index (χ1) is 11.3. The molecule has 1 heterocycles. The molecule has 2 aliphatic rings. The fourth-order valence-electron chi connectivity index (χ4n) is 4.12. The number of nitrogens with two attached hydrogens (primary N) is 1. The van der Waals surface area contributed by atoms with Crippen molar-refractivity contribution in [1.82, 2.24) is 4.90 Å². The normalized spacial score (nSPS) is 22.4. The summed E-state index contributed by atoms with van der Waals surface area (Å²) in [6.07, 6.45) is 2.54. The number of carbonyl (C=O) groups is 1. The highest BCUT2D eigenvalue weighted by Gasteiger charge is 2.46. The van der Waals surface area contributed by atoms with Gasteiger partial charge in [0.2, 0.25) is 0 Å². The van der Waals surface area contributed by atoms with Crippen molar-refractivity contribution in [3.63, 3.8) is 0 Å². The minimum atomic E-state index is -0.456. The number of amides is 1. The molecule has 1 atom stereocenters. The molecule has 3 rings (SSSR count). The Labute approximate surface area is 144 Å². The first-order valence-corrected chi connectivity index (χ1v) is 8.67. The number of piperidine rings is 1. The van der Waals surface area contributed by atoms with Crippen LogP contribution in [0.4, 0.5) is 4.79 Å². The highest BCUT2D eigenvalue weighted by molar-refractivity contribution is 5.68. The minimum Gasteiger partial charge on any atom is -0.496 e. The summed E-state index contributed by atoms with van der Waals surface area (Å²) >= 11 is 0. The van der Waals surface area contributed by atoms with Crippen LogP contribution < -0.4 is 10.5 Å². The molecule has 0 aromatic heterocycles. The molecule has 5 nitrogen and oxygen atoms in total. The van der Waals surface area contributed by atoms with E-state index in [0.29, 0.717) is 13.1 Å². The average molecular weight is 332 g/mol. The average Bonchev–Trinajstić information content (AvgIpc) is 2.79. The number of carbonyl (C=O) groups excluding carboxylic acids is 1. The molecule has 0 unspecified atom stereocenters. The van der Waals surface area contributed by atoms with Gasteiger partial charge < -0.3 is 20.1 Å². The number of ether oxygens (including phenoxy) is 2. The third kappa shape index (κ3) is 2.97. The van der Waals surface area contributed by atoms with Crippen molar-refractivity contribution in [3.8, 4) is 5.75 Å². The van der Waals surface area contributed by atoms with E-state index in [9.17, 15) is 4.79 Å². The molecule has 132 valence electrons. The van der Waals surface area contributed by atoms with E-state index in [0.717, 1.165) is 30.6 Å². The van der Waals surface area contributed by atoms with Crippen LogP contribution in [0.2, 0.25) is 0 Å². The summed E-state index contributed by atoms with van der Waals surface area (Å²) in [5, 5.41) is 0. The van der Waals surface area contributed by atoms with Gasteiger partial charge in [0.25, 0.3) is 0 Å². The van der Waals surface area contributed by atoms with Crippen molar-refractivity contribution in [3.05, 3.63) is 29.3 Å². The predicted molar refractivity (Wildman–Crippen MR) is 93.3 cm³/mol. The van der Waals surface area contributed by atoms with E-state index in [-0.39, 0.29) is 17.6 Å². The van der Waals surface area contributed by atoms with Crippen molar-refractivity contribution >= 4 is 6.09 Å². The van der Waals surface area contributed by atoms with E-state index < -0.39 is 5.60 Å². The van der Waals surface area contributed by atoms with Gasteiger partial charge in [-0.1, -0.05) is 12.1 Å². The number of rotatable bonds is 1. The first-order valence-electron chi connectivity index (χ1n) is 8.67. The van der Waals surface area contributed by atoms with E-state index in [1.807, 2.05) is 37.8 Å². The van der Waals surface area contributed by atoms with Crippen molar-refractivity contribution in [2.24, 2.45) is 5.73 Å². The summed E-state index contributed by atoms with van der Waals surface area (Å²) in [6, 6.07) is 6.20. The Hall–Kier alpha value is -1.75. The van der Waals surface area contributed by atoms with E-state index in [4.69, 9.17) is 15.2 Å². The van der Waals surface area contributed by atoms with Gasteiger partial charge in [0.15, 0.2) is 0 Å². The van der Waals surface area contributed by atoms with Crippen molar-refractivity contribution in [2.75, 3.05) is 20.2 Å². The maximum absolute atomic E-state index is 12.3. The van der Waals surface area contributed by atoms with Gasteiger partial charge in [0, 0.05) is 30.1 Å². The molecule has 1 amide bonds. The number of fused-ring (bicyclic) bond motifs is 2. The molecule has 24 heavy (non-hydrogen) atoms. The van der Waals surface area contributed by atoms with Gasteiger partial charge in [0.1, 0.15) is 11.4 Å². The van der Waals surface area contributed by atoms with Crippen LogP contribution in [-0.2, 0) is 10.2 Å². The van der Waals surface area contributed by atoms with Crippen molar-refractivity contribution < 1.29 is 14.3 Å². The zero-order chi connectivity index (χ0) is 17.5. The van der Waals surface area contributed by atoms with Crippen LogP contribution in [0, 0.1) is 0 Å². The van der Waals surface area contributed by atoms with Crippen LogP contribution in [0.25, 0.3) is 0 Å². The Morgan fingerprint density at radius 1 is 1.29 bits per heavy atom. The number of nitrogens with zero attached hydrogens (tertiary/aromatic N) is 1. The van der Waals surface area contributed by atoms with Gasteiger partial charge in [0.05, 0.1) is 7.11 Å². The molecule has 0 radical (unpaired) electrons. The molecule has 1 aliphatic carbocycles. The summed E-state index contributed by atoms with van der Waals surface area (Å²) < 4.78 is 11.0. The maximum Gasteiger partial charge on any atom is 0.410 e. The quantitative estimate of drug-likeness (QED) is 0.856. The summed E-state index contributed by atoms with van der Waals surface area (Å²) in [5.74, 6) is 0.881. The maximum atomic E-state index is 12.3. The van der Waals surface area contributed by atoms with Crippen molar-refractivity contribution in [2.45, 2.75) is 57.1 Å².